The van der Waals surface area contributed by atoms with Crippen molar-refractivity contribution < 1.29 is 22.8 Å². The van der Waals surface area contributed by atoms with E-state index < -0.39 is 18.4 Å². The molecule has 0 aromatic heterocycles. The van der Waals surface area contributed by atoms with Crippen molar-refractivity contribution in [2.75, 3.05) is 12.4 Å². The van der Waals surface area contributed by atoms with E-state index in [1.165, 1.54) is 12.1 Å². The molecule has 102 valence electrons. The molecule has 1 rings (SSSR count). The van der Waals surface area contributed by atoms with Crippen molar-refractivity contribution in [2.45, 2.75) is 12.3 Å². The summed E-state index contributed by atoms with van der Waals surface area (Å²) in [5, 5.41) is 2.25. The van der Waals surface area contributed by atoms with Gasteiger partial charge in [-0.05, 0) is 12.1 Å². The Hall–Kier alpha value is -2.34. The molecule has 0 heterocycles. The predicted octanol–water partition coefficient (Wildman–Crippen LogP) is 2.37. The first kappa shape index (κ1) is 14.7. The number of para-hydroxylation sites is 1. The molecule has 1 aromatic rings. The number of hydrogen-bond donors (Lipinski definition) is 1. The van der Waals surface area contributed by atoms with E-state index in [1.807, 2.05) is 0 Å². The average molecular weight is 273 g/mol. The molecule has 0 radical (unpaired) electrons. The van der Waals surface area contributed by atoms with Gasteiger partial charge in [-0.25, -0.2) is 9.59 Å². The minimum Gasteiger partial charge on any atom is -0.308 e. The van der Waals surface area contributed by atoms with Gasteiger partial charge < -0.3 is 5.32 Å². The molecule has 1 atom stereocenters. The van der Waals surface area contributed by atoms with E-state index in [2.05, 4.69) is 10.3 Å². The molecule has 0 aliphatic rings. The van der Waals surface area contributed by atoms with Crippen LogP contribution in [0.15, 0.2) is 35.3 Å². The molecule has 0 fully saturated rings. The summed E-state index contributed by atoms with van der Waals surface area (Å²) in [6.45, 7) is 0. The summed E-state index contributed by atoms with van der Waals surface area (Å²) in [6, 6.07) is 6.90. The van der Waals surface area contributed by atoms with Gasteiger partial charge in [0.2, 0.25) is 12.2 Å². The van der Waals surface area contributed by atoms with Gasteiger partial charge in [-0.15, -0.1) is 0 Å². The van der Waals surface area contributed by atoms with Crippen LogP contribution in [0.4, 0.5) is 23.7 Å². The molecule has 2 amide bonds. The lowest BCUT2D eigenvalue weighted by Crippen LogP contribution is -2.47. The number of aliphatic imine (C=N–C) groups is 1. The molecule has 8 heteroatoms. The quantitative estimate of drug-likeness (QED) is 0.679. The van der Waals surface area contributed by atoms with Crippen LogP contribution < -0.4 is 5.32 Å². The van der Waals surface area contributed by atoms with E-state index >= 15 is 0 Å². The maximum Gasteiger partial charge on any atom is 0.430 e. The zero-order valence-electron chi connectivity index (χ0n) is 9.81. The van der Waals surface area contributed by atoms with Crippen LogP contribution in [0.3, 0.4) is 0 Å². The summed E-state index contributed by atoms with van der Waals surface area (Å²) in [7, 11) is 0.886. The highest BCUT2D eigenvalue weighted by Gasteiger charge is 2.44. The van der Waals surface area contributed by atoms with Crippen LogP contribution in [-0.2, 0) is 4.79 Å². The Morgan fingerprint density at radius 3 is 2.42 bits per heavy atom. The van der Waals surface area contributed by atoms with E-state index in [4.69, 9.17) is 0 Å². The number of hydrogen-bond acceptors (Lipinski definition) is 3. The fraction of sp³-hybridized carbons (Fsp3) is 0.273. The fourth-order valence-corrected chi connectivity index (χ4v) is 1.27. The summed E-state index contributed by atoms with van der Waals surface area (Å²) >= 11 is 0. The minimum absolute atomic E-state index is 0.276. The standard InChI is InChI=1S/C11H10F3N3O2/c1-17(9(15-7-18)11(12,13)14)10(19)16-8-5-3-2-4-6-8/h2-6,9H,1H3,(H,16,19). The van der Waals surface area contributed by atoms with E-state index in [1.54, 1.807) is 18.2 Å². The van der Waals surface area contributed by atoms with Crippen molar-refractivity contribution in [1.29, 1.82) is 0 Å². The molecule has 1 aromatic carbocycles. The monoisotopic (exact) mass is 273 g/mol. The third kappa shape index (κ3) is 4.11. The second-order valence-electron chi connectivity index (χ2n) is 3.54. The fourth-order valence-electron chi connectivity index (χ4n) is 1.27. The summed E-state index contributed by atoms with van der Waals surface area (Å²) in [5.41, 5.74) is 0.329. The molecular weight excluding hydrogens is 263 g/mol. The molecule has 5 nitrogen and oxygen atoms in total. The average Bonchev–Trinajstić information content (AvgIpc) is 2.35. The predicted molar refractivity (Wildman–Crippen MR) is 61.2 cm³/mol. The van der Waals surface area contributed by atoms with Crippen LogP contribution in [0.2, 0.25) is 0 Å². The topological polar surface area (TPSA) is 61.8 Å². The van der Waals surface area contributed by atoms with Gasteiger partial charge in [0.1, 0.15) is 0 Å². The zero-order valence-corrected chi connectivity index (χ0v) is 9.81. The third-order valence-electron chi connectivity index (χ3n) is 2.18. The SMILES string of the molecule is CN(C(=O)Nc1ccccc1)C(N=C=O)C(F)(F)F. The van der Waals surface area contributed by atoms with Gasteiger partial charge in [0.25, 0.3) is 0 Å². The number of carbonyl (C=O) groups is 1. The molecular formula is C11H10F3N3O2. The Morgan fingerprint density at radius 1 is 1.37 bits per heavy atom. The lowest BCUT2D eigenvalue weighted by atomic mass is 10.3. The van der Waals surface area contributed by atoms with Crippen molar-refractivity contribution in [3.63, 3.8) is 0 Å². The molecule has 0 aliphatic carbocycles. The maximum atomic E-state index is 12.6. The van der Waals surface area contributed by atoms with Gasteiger partial charge in [-0.2, -0.15) is 18.2 Å². The van der Waals surface area contributed by atoms with Crippen LogP contribution in [0.1, 0.15) is 0 Å². The van der Waals surface area contributed by atoms with Crippen molar-refractivity contribution >= 4 is 17.8 Å². The van der Waals surface area contributed by atoms with Gasteiger partial charge in [0, 0.05) is 12.7 Å². The summed E-state index contributed by atoms with van der Waals surface area (Å²) in [5.74, 6) is 0. The highest BCUT2D eigenvalue weighted by molar-refractivity contribution is 5.89. The number of isocyanates is 1. The maximum absolute atomic E-state index is 12.6. The number of anilines is 1. The minimum atomic E-state index is -4.85. The van der Waals surface area contributed by atoms with Crippen molar-refractivity contribution in [3.8, 4) is 0 Å². The lowest BCUT2D eigenvalue weighted by molar-refractivity contribution is -0.170. The number of alkyl halides is 3. The molecule has 1 unspecified atom stereocenters. The van der Waals surface area contributed by atoms with E-state index in [-0.39, 0.29) is 4.90 Å². The number of amides is 2. The van der Waals surface area contributed by atoms with Crippen LogP contribution in [0.25, 0.3) is 0 Å². The van der Waals surface area contributed by atoms with Crippen LogP contribution in [0.5, 0.6) is 0 Å². The number of nitrogens with one attached hydrogen (secondary N) is 1. The molecule has 0 saturated carbocycles. The Kier molecular flexibility index (Phi) is 4.66. The lowest BCUT2D eigenvalue weighted by Gasteiger charge is -2.25. The second-order valence-corrected chi connectivity index (χ2v) is 3.54. The number of urea groups is 1. The van der Waals surface area contributed by atoms with E-state index in [9.17, 15) is 22.8 Å². The first-order valence-corrected chi connectivity index (χ1v) is 5.09. The number of benzene rings is 1. The molecule has 0 spiro atoms. The molecule has 0 aliphatic heterocycles. The highest BCUT2D eigenvalue weighted by atomic mass is 19.4. The first-order chi connectivity index (χ1) is 8.86. The second kappa shape index (κ2) is 6.01. The summed E-state index contributed by atoms with van der Waals surface area (Å²) < 4.78 is 37.7. The molecule has 0 bridgehead atoms. The molecule has 1 N–H and O–H groups in total. The Bertz CT molecular complexity index is 484. The van der Waals surface area contributed by atoms with Gasteiger partial charge in [0.05, 0.1) is 0 Å². The molecule has 19 heavy (non-hydrogen) atoms. The highest BCUT2D eigenvalue weighted by Crippen LogP contribution is 2.25. The van der Waals surface area contributed by atoms with Gasteiger partial charge in [0.15, 0.2) is 0 Å². The van der Waals surface area contributed by atoms with Gasteiger partial charge >= 0.3 is 12.2 Å². The van der Waals surface area contributed by atoms with E-state index in [0.29, 0.717) is 5.69 Å². The zero-order chi connectivity index (χ0) is 14.5. The van der Waals surface area contributed by atoms with Crippen molar-refractivity contribution in [3.05, 3.63) is 30.3 Å². The Balaban J connectivity index is 2.83. The number of rotatable bonds is 3. The van der Waals surface area contributed by atoms with Gasteiger partial charge in [-0.3, -0.25) is 4.90 Å². The molecule has 0 saturated heterocycles. The number of carbonyl (C=O) groups excluding carboxylic acids is 2. The van der Waals surface area contributed by atoms with Crippen LogP contribution in [-0.4, -0.2) is 36.4 Å². The van der Waals surface area contributed by atoms with Crippen molar-refractivity contribution in [2.24, 2.45) is 4.99 Å². The largest absolute Gasteiger partial charge is 0.430 e. The smallest absolute Gasteiger partial charge is 0.308 e. The first-order valence-electron chi connectivity index (χ1n) is 5.09. The van der Waals surface area contributed by atoms with Crippen LogP contribution in [0, 0.1) is 0 Å². The van der Waals surface area contributed by atoms with E-state index in [0.717, 1.165) is 13.1 Å². The van der Waals surface area contributed by atoms with Gasteiger partial charge in [-0.1, -0.05) is 18.2 Å². The van der Waals surface area contributed by atoms with Crippen molar-refractivity contribution in [1.82, 2.24) is 4.90 Å². The Labute approximate surface area is 106 Å². The number of halogens is 3. The third-order valence-corrected chi connectivity index (χ3v) is 2.18. The summed E-state index contributed by atoms with van der Waals surface area (Å²) in [6.07, 6.45) is -6.60. The van der Waals surface area contributed by atoms with Crippen LogP contribution >= 0.6 is 0 Å². The normalized spacial score (nSPS) is 12.2. The number of nitrogens with zero attached hydrogens (tertiary/aromatic N) is 2. The summed E-state index contributed by atoms with van der Waals surface area (Å²) in [4.78, 5) is 24.5. The Morgan fingerprint density at radius 2 is 1.95 bits per heavy atom.